The first-order valence-electron chi connectivity index (χ1n) is 6.06. The van der Waals surface area contributed by atoms with Crippen molar-refractivity contribution in [2.24, 2.45) is 0 Å². The van der Waals surface area contributed by atoms with Crippen molar-refractivity contribution in [1.29, 1.82) is 5.26 Å². The highest BCUT2D eigenvalue weighted by Gasteiger charge is 2.14. The second-order valence-electron chi connectivity index (χ2n) is 4.45. The topological polar surface area (TPSA) is 53.3 Å². The Morgan fingerprint density at radius 3 is 3.17 bits per heavy atom. The van der Waals surface area contributed by atoms with Gasteiger partial charge in [-0.25, -0.2) is 0 Å². The number of hydrogen-bond acceptors (Lipinski definition) is 3. The van der Waals surface area contributed by atoms with E-state index in [1.807, 2.05) is 18.2 Å². The number of amides is 1. The van der Waals surface area contributed by atoms with E-state index in [9.17, 15) is 4.79 Å². The lowest BCUT2D eigenvalue weighted by Gasteiger charge is -2.17. The second kappa shape index (κ2) is 5.54. The molecule has 1 heterocycles. The summed E-state index contributed by atoms with van der Waals surface area (Å²) in [6.45, 7) is 1.33. The molecular formula is C14H16N2O2. The fraction of sp³-hybridized carbons (Fsp3) is 0.429. The van der Waals surface area contributed by atoms with Gasteiger partial charge in [-0.3, -0.25) is 4.79 Å². The minimum atomic E-state index is 0.00768. The Morgan fingerprint density at radius 1 is 1.56 bits per heavy atom. The Bertz CT molecular complexity index is 491. The van der Waals surface area contributed by atoms with Crippen LogP contribution < -0.4 is 4.74 Å². The van der Waals surface area contributed by atoms with Crippen molar-refractivity contribution in [2.75, 3.05) is 13.7 Å². The molecule has 0 fully saturated rings. The summed E-state index contributed by atoms with van der Waals surface area (Å²) in [5.41, 5.74) is 2.32. The zero-order valence-electron chi connectivity index (χ0n) is 10.5. The van der Waals surface area contributed by atoms with Gasteiger partial charge in [0, 0.05) is 32.9 Å². The summed E-state index contributed by atoms with van der Waals surface area (Å²) in [6, 6.07) is 8.03. The molecule has 0 saturated carbocycles. The van der Waals surface area contributed by atoms with Gasteiger partial charge < -0.3 is 9.64 Å². The molecule has 0 saturated heterocycles. The average Bonchev–Trinajstić information content (AvgIpc) is 2.83. The van der Waals surface area contributed by atoms with Crippen LogP contribution in [0.25, 0.3) is 0 Å². The predicted molar refractivity (Wildman–Crippen MR) is 67.0 cm³/mol. The molecule has 0 atom stereocenters. The summed E-state index contributed by atoms with van der Waals surface area (Å²) in [5, 5.41) is 8.46. The Labute approximate surface area is 107 Å². The molecule has 0 N–H and O–H groups in total. The third kappa shape index (κ3) is 2.80. The summed E-state index contributed by atoms with van der Waals surface area (Å²) in [4.78, 5) is 13.4. The van der Waals surface area contributed by atoms with Crippen LogP contribution in [0.4, 0.5) is 0 Å². The van der Waals surface area contributed by atoms with Gasteiger partial charge in [0.15, 0.2) is 0 Å². The summed E-state index contributed by atoms with van der Waals surface area (Å²) >= 11 is 0. The van der Waals surface area contributed by atoms with Gasteiger partial charge in [-0.15, -0.1) is 0 Å². The minimum absolute atomic E-state index is 0.00768. The third-order valence-electron chi connectivity index (χ3n) is 3.05. The molecule has 0 bridgehead atoms. The van der Waals surface area contributed by atoms with E-state index in [4.69, 9.17) is 10.00 Å². The molecule has 1 aromatic rings. The Kier molecular flexibility index (Phi) is 3.83. The van der Waals surface area contributed by atoms with Crippen molar-refractivity contribution in [3.63, 3.8) is 0 Å². The van der Waals surface area contributed by atoms with E-state index in [0.717, 1.165) is 24.3 Å². The molecule has 18 heavy (non-hydrogen) atoms. The number of benzene rings is 1. The van der Waals surface area contributed by atoms with Gasteiger partial charge in [0.2, 0.25) is 5.91 Å². The van der Waals surface area contributed by atoms with Crippen molar-refractivity contribution in [2.45, 2.75) is 25.8 Å². The Morgan fingerprint density at radius 2 is 2.39 bits per heavy atom. The summed E-state index contributed by atoms with van der Waals surface area (Å²) in [7, 11) is 1.77. The lowest BCUT2D eigenvalue weighted by Crippen LogP contribution is -2.25. The highest BCUT2D eigenvalue weighted by molar-refractivity contribution is 5.76. The first kappa shape index (κ1) is 12.4. The summed E-state index contributed by atoms with van der Waals surface area (Å²) < 4.78 is 5.44. The number of ether oxygens (including phenoxy) is 1. The average molecular weight is 244 g/mol. The number of carbonyl (C=O) groups is 1. The lowest BCUT2D eigenvalue weighted by molar-refractivity contribution is -0.130. The van der Waals surface area contributed by atoms with Gasteiger partial charge in [-0.1, -0.05) is 12.1 Å². The number of nitrogens with zero attached hydrogens (tertiary/aromatic N) is 2. The fourth-order valence-electron chi connectivity index (χ4n) is 2.05. The van der Waals surface area contributed by atoms with Gasteiger partial charge in [0.25, 0.3) is 0 Å². The molecule has 0 spiro atoms. The second-order valence-corrected chi connectivity index (χ2v) is 4.45. The first-order valence-corrected chi connectivity index (χ1v) is 6.06. The van der Waals surface area contributed by atoms with Gasteiger partial charge >= 0.3 is 0 Å². The van der Waals surface area contributed by atoms with Crippen molar-refractivity contribution >= 4 is 5.91 Å². The van der Waals surface area contributed by atoms with Gasteiger partial charge in [0.1, 0.15) is 5.75 Å². The standard InChI is InChI=1S/C14H16N2O2/c1-16(14(17)3-2-7-15)10-11-4-5-13-12(9-11)6-8-18-13/h4-5,9H,2-3,6,8,10H2,1H3. The number of hydrogen-bond donors (Lipinski definition) is 0. The maximum atomic E-state index is 11.7. The Hall–Kier alpha value is -2.02. The van der Waals surface area contributed by atoms with Crippen molar-refractivity contribution in [3.05, 3.63) is 29.3 Å². The highest BCUT2D eigenvalue weighted by atomic mass is 16.5. The van der Waals surface area contributed by atoms with Crippen LogP contribution in [0.5, 0.6) is 5.75 Å². The van der Waals surface area contributed by atoms with E-state index >= 15 is 0 Å². The van der Waals surface area contributed by atoms with Crippen LogP contribution in [0.2, 0.25) is 0 Å². The zero-order chi connectivity index (χ0) is 13.0. The normalized spacial score (nSPS) is 12.4. The van der Waals surface area contributed by atoms with Crippen LogP contribution in [0.15, 0.2) is 18.2 Å². The molecule has 0 aromatic heterocycles. The van der Waals surface area contributed by atoms with Crippen LogP contribution in [0.3, 0.4) is 0 Å². The third-order valence-corrected chi connectivity index (χ3v) is 3.05. The lowest BCUT2D eigenvalue weighted by atomic mass is 10.1. The fourth-order valence-corrected chi connectivity index (χ4v) is 2.05. The molecule has 4 nitrogen and oxygen atoms in total. The molecule has 1 aliphatic rings. The number of carbonyl (C=O) groups excluding carboxylic acids is 1. The molecule has 4 heteroatoms. The molecule has 0 unspecified atom stereocenters. The maximum absolute atomic E-state index is 11.7. The zero-order valence-corrected chi connectivity index (χ0v) is 10.5. The largest absolute Gasteiger partial charge is 0.493 e. The van der Waals surface area contributed by atoms with Crippen LogP contribution in [0.1, 0.15) is 24.0 Å². The summed E-state index contributed by atoms with van der Waals surface area (Å²) in [5.74, 6) is 0.963. The van der Waals surface area contributed by atoms with Crippen molar-refractivity contribution in [1.82, 2.24) is 4.90 Å². The monoisotopic (exact) mass is 244 g/mol. The van der Waals surface area contributed by atoms with E-state index in [-0.39, 0.29) is 12.3 Å². The smallest absolute Gasteiger partial charge is 0.223 e. The molecule has 0 aliphatic carbocycles. The molecule has 2 rings (SSSR count). The Balaban J connectivity index is 1.97. The number of nitriles is 1. The molecule has 0 radical (unpaired) electrons. The predicted octanol–water partition coefficient (Wildman–Crippen LogP) is 1.88. The van der Waals surface area contributed by atoms with E-state index < -0.39 is 0 Å². The van der Waals surface area contributed by atoms with Gasteiger partial charge in [0.05, 0.1) is 12.7 Å². The first-order chi connectivity index (χ1) is 8.70. The molecular weight excluding hydrogens is 228 g/mol. The number of fused-ring (bicyclic) bond motifs is 1. The SMILES string of the molecule is CN(Cc1ccc2c(c1)CCO2)C(=O)CCC#N. The summed E-state index contributed by atoms with van der Waals surface area (Å²) in [6.07, 6.45) is 1.51. The van der Waals surface area contributed by atoms with Crippen LogP contribution in [-0.2, 0) is 17.8 Å². The van der Waals surface area contributed by atoms with E-state index in [1.165, 1.54) is 5.56 Å². The quantitative estimate of drug-likeness (QED) is 0.812. The van der Waals surface area contributed by atoms with Gasteiger partial charge in [-0.2, -0.15) is 5.26 Å². The minimum Gasteiger partial charge on any atom is -0.493 e. The van der Waals surface area contributed by atoms with Crippen LogP contribution in [0, 0.1) is 11.3 Å². The van der Waals surface area contributed by atoms with Gasteiger partial charge in [-0.05, 0) is 17.2 Å². The van der Waals surface area contributed by atoms with Crippen molar-refractivity contribution < 1.29 is 9.53 Å². The van der Waals surface area contributed by atoms with E-state index in [1.54, 1.807) is 11.9 Å². The molecule has 94 valence electrons. The number of rotatable bonds is 4. The van der Waals surface area contributed by atoms with Crippen LogP contribution >= 0.6 is 0 Å². The molecule has 1 amide bonds. The molecule has 1 aliphatic heterocycles. The van der Waals surface area contributed by atoms with Crippen LogP contribution in [-0.4, -0.2) is 24.5 Å². The maximum Gasteiger partial charge on any atom is 0.223 e. The van der Waals surface area contributed by atoms with E-state index in [2.05, 4.69) is 6.07 Å². The van der Waals surface area contributed by atoms with Crippen molar-refractivity contribution in [3.8, 4) is 11.8 Å². The molecule has 1 aromatic carbocycles. The highest BCUT2D eigenvalue weighted by Crippen LogP contribution is 2.26. The van der Waals surface area contributed by atoms with E-state index in [0.29, 0.717) is 13.0 Å².